The average molecular weight is 479 g/mol. The SMILES string of the molecule is CC1C=Cc2ccccc2C(Cl)=C1NC(=O)c1cc(C(F)(F)F)nn1-c1ncccc1Cl. The molecule has 1 aromatic carbocycles. The van der Waals surface area contributed by atoms with Crippen LogP contribution in [0.4, 0.5) is 13.2 Å². The minimum atomic E-state index is -4.77. The van der Waals surface area contributed by atoms with Gasteiger partial charge < -0.3 is 5.32 Å². The molecule has 1 aliphatic rings. The van der Waals surface area contributed by atoms with Gasteiger partial charge in [-0.25, -0.2) is 9.67 Å². The van der Waals surface area contributed by atoms with Crippen molar-refractivity contribution < 1.29 is 18.0 Å². The zero-order valence-corrected chi connectivity index (χ0v) is 18.0. The van der Waals surface area contributed by atoms with Crippen LogP contribution in [0, 0.1) is 5.92 Å². The number of hydrogen-bond acceptors (Lipinski definition) is 3. The molecule has 2 heterocycles. The van der Waals surface area contributed by atoms with Crippen molar-refractivity contribution in [1.82, 2.24) is 20.1 Å². The second-order valence-electron chi connectivity index (χ2n) is 7.05. The Morgan fingerprint density at radius 1 is 1.16 bits per heavy atom. The van der Waals surface area contributed by atoms with E-state index < -0.39 is 17.8 Å². The van der Waals surface area contributed by atoms with Crippen molar-refractivity contribution in [2.24, 2.45) is 5.92 Å². The van der Waals surface area contributed by atoms with E-state index in [1.165, 1.54) is 18.3 Å². The first kappa shape index (κ1) is 22.1. The normalized spacial score (nSPS) is 16.0. The minimum absolute atomic E-state index is 0.0373. The van der Waals surface area contributed by atoms with Gasteiger partial charge in [0, 0.05) is 29.4 Å². The number of aromatic nitrogens is 3. The van der Waals surface area contributed by atoms with Crippen molar-refractivity contribution >= 4 is 40.2 Å². The lowest BCUT2D eigenvalue weighted by atomic mass is 10.1. The van der Waals surface area contributed by atoms with E-state index in [1.807, 2.05) is 31.2 Å². The number of pyridine rings is 1. The van der Waals surface area contributed by atoms with Crippen molar-refractivity contribution in [2.45, 2.75) is 13.1 Å². The van der Waals surface area contributed by atoms with Crippen LogP contribution in [-0.4, -0.2) is 20.7 Å². The minimum Gasteiger partial charge on any atom is -0.322 e. The zero-order chi connectivity index (χ0) is 23.0. The van der Waals surface area contributed by atoms with E-state index in [0.29, 0.717) is 22.4 Å². The van der Waals surface area contributed by atoms with Crippen LogP contribution in [-0.2, 0) is 6.18 Å². The largest absolute Gasteiger partial charge is 0.435 e. The molecule has 5 nitrogen and oxygen atoms in total. The van der Waals surface area contributed by atoms with Crippen LogP contribution in [0.25, 0.3) is 16.9 Å². The van der Waals surface area contributed by atoms with Gasteiger partial charge in [-0.05, 0) is 17.7 Å². The number of nitrogens with one attached hydrogen (secondary N) is 1. The van der Waals surface area contributed by atoms with Gasteiger partial charge in [-0.1, -0.05) is 66.5 Å². The first-order valence-electron chi connectivity index (χ1n) is 9.43. The summed E-state index contributed by atoms with van der Waals surface area (Å²) in [7, 11) is 0. The first-order chi connectivity index (χ1) is 15.2. The quantitative estimate of drug-likeness (QED) is 0.506. The summed E-state index contributed by atoms with van der Waals surface area (Å²) < 4.78 is 40.9. The second kappa shape index (κ2) is 8.44. The molecule has 2 aromatic heterocycles. The number of carbonyl (C=O) groups excluding carboxylic acids is 1. The molecule has 164 valence electrons. The maximum atomic E-state index is 13.4. The van der Waals surface area contributed by atoms with Crippen molar-refractivity contribution in [2.75, 3.05) is 0 Å². The Kier molecular flexibility index (Phi) is 5.83. The van der Waals surface area contributed by atoms with Gasteiger partial charge in [-0.3, -0.25) is 4.79 Å². The van der Waals surface area contributed by atoms with Gasteiger partial charge in [-0.2, -0.15) is 18.3 Å². The highest BCUT2D eigenvalue weighted by Gasteiger charge is 2.37. The first-order valence-corrected chi connectivity index (χ1v) is 10.2. The lowest BCUT2D eigenvalue weighted by Gasteiger charge is -2.16. The number of amides is 1. The number of hydrogen-bond donors (Lipinski definition) is 1. The van der Waals surface area contributed by atoms with Crippen LogP contribution in [0.2, 0.25) is 5.02 Å². The second-order valence-corrected chi connectivity index (χ2v) is 7.84. The topological polar surface area (TPSA) is 59.8 Å². The standard InChI is InChI=1S/C22H15Cl2F3N4O/c1-12-8-9-13-5-2-3-6-14(13)18(24)19(12)29-21(32)16-11-17(22(25,26)27)30-31(16)20-15(23)7-4-10-28-20/h2-12H,1H3,(H,29,32). The summed E-state index contributed by atoms with van der Waals surface area (Å²) in [5.74, 6) is -1.24. The number of rotatable bonds is 3. The van der Waals surface area contributed by atoms with Crippen molar-refractivity contribution in [3.05, 3.63) is 88.0 Å². The molecular weight excluding hydrogens is 464 g/mol. The van der Waals surface area contributed by atoms with Crippen LogP contribution < -0.4 is 5.32 Å². The van der Waals surface area contributed by atoms with Crippen molar-refractivity contribution in [3.8, 4) is 5.82 Å². The highest BCUT2D eigenvalue weighted by molar-refractivity contribution is 6.49. The monoisotopic (exact) mass is 478 g/mol. The lowest BCUT2D eigenvalue weighted by molar-refractivity contribution is -0.141. The third-order valence-electron chi connectivity index (χ3n) is 4.87. The molecule has 1 atom stereocenters. The Labute approximate surface area is 191 Å². The molecule has 1 unspecified atom stereocenters. The summed E-state index contributed by atoms with van der Waals surface area (Å²) in [5.41, 5.74) is 0.277. The predicted molar refractivity (Wildman–Crippen MR) is 116 cm³/mol. The molecule has 0 radical (unpaired) electrons. The molecule has 10 heteroatoms. The summed E-state index contributed by atoms with van der Waals surface area (Å²) in [6, 6.07) is 10.9. The van der Waals surface area contributed by atoms with E-state index in [1.54, 1.807) is 12.1 Å². The van der Waals surface area contributed by atoms with E-state index in [0.717, 1.165) is 10.2 Å². The fourth-order valence-electron chi connectivity index (χ4n) is 3.26. The Morgan fingerprint density at radius 2 is 1.91 bits per heavy atom. The van der Waals surface area contributed by atoms with Gasteiger partial charge in [0.25, 0.3) is 5.91 Å². The molecule has 1 aliphatic carbocycles. The Bertz CT molecular complexity index is 1260. The van der Waals surface area contributed by atoms with Gasteiger partial charge in [0.2, 0.25) is 0 Å². The third-order valence-corrected chi connectivity index (χ3v) is 5.58. The molecule has 1 N–H and O–H groups in total. The molecule has 0 bridgehead atoms. The highest BCUT2D eigenvalue weighted by Crippen LogP contribution is 2.34. The molecule has 32 heavy (non-hydrogen) atoms. The number of alkyl halides is 3. The van der Waals surface area contributed by atoms with Gasteiger partial charge in [0.05, 0.1) is 10.1 Å². The Hall–Kier alpha value is -3.10. The molecule has 0 saturated heterocycles. The molecular formula is C22H15Cl2F3N4O. The van der Waals surface area contributed by atoms with Gasteiger partial charge >= 0.3 is 6.18 Å². The Balaban J connectivity index is 1.79. The third kappa shape index (κ3) is 4.16. The van der Waals surface area contributed by atoms with Crippen LogP contribution >= 0.6 is 23.2 Å². The molecule has 1 amide bonds. The summed E-state index contributed by atoms with van der Waals surface area (Å²) in [4.78, 5) is 17.1. The van der Waals surface area contributed by atoms with Crippen LogP contribution in [0.15, 0.2) is 60.4 Å². The fourth-order valence-corrected chi connectivity index (χ4v) is 3.86. The van der Waals surface area contributed by atoms with Gasteiger partial charge in [-0.15, -0.1) is 0 Å². The van der Waals surface area contributed by atoms with Crippen LogP contribution in [0.5, 0.6) is 0 Å². The summed E-state index contributed by atoms with van der Waals surface area (Å²) in [6.45, 7) is 1.81. The predicted octanol–water partition coefficient (Wildman–Crippen LogP) is 5.94. The molecule has 4 rings (SSSR count). The fraction of sp³-hybridized carbons (Fsp3) is 0.136. The van der Waals surface area contributed by atoms with E-state index >= 15 is 0 Å². The van der Waals surface area contributed by atoms with E-state index in [-0.39, 0.29) is 22.5 Å². The lowest BCUT2D eigenvalue weighted by Crippen LogP contribution is -2.28. The maximum absolute atomic E-state index is 13.4. The van der Waals surface area contributed by atoms with Gasteiger partial charge in [0.1, 0.15) is 5.69 Å². The Morgan fingerprint density at radius 3 is 2.62 bits per heavy atom. The van der Waals surface area contributed by atoms with E-state index in [4.69, 9.17) is 23.2 Å². The number of benzene rings is 1. The van der Waals surface area contributed by atoms with Crippen molar-refractivity contribution in [1.29, 1.82) is 0 Å². The number of allylic oxidation sites excluding steroid dienone is 1. The molecule has 0 aliphatic heterocycles. The number of fused-ring (bicyclic) bond motifs is 1. The average Bonchev–Trinajstić information content (AvgIpc) is 3.17. The van der Waals surface area contributed by atoms with Crippen LogP contribution in [0.3, 0.4) is 0 Å². The summed E-state index contributed by atoms with van der Waals surface area (Å²) >= 11 is 12.7. The molecule has 0 spiro atoms. The summed E-state index contributed by atoms with van der Waals surface area (Å²) in [5, 5.41) is 6.54. The molecule has 3 aromatic rings. The summed E-state index contributed by atoms with van der Waals surface area (Å²) in [6.07, 6.45) is 0.293. The van der Waals surface area contributed by atoms with Crippen LogP contribution in [0.1, 0.15) is 34.2 Å². The van der Waals surface area contributed by atoms with E-state index in [2.05, 4.69) is 15.4 Å². The number of carbonyl (C=O) groups is 1. The zero-order valence-electron chi connectivity index (χ0n) is 16.5. The highest BCUT2D eigenvalue weighted by atomic mass is 35.5. The molecule has 0 fully saturated rings. The van der Waals surface area contributed by atoms with Gasteiger partial charge in [0.15, 0.2) is 11.5 Å². The van der Waals surface area contributed by atoms with E-state index in [9.17, 15) is 18.0 Å². The smallest absolute Gasteiger partial charge is 0.322 e. The number of halogens is 5. The number of nitrogens with zero attached hydrogens (tertiary/aromatic N) is 3. The van der Waals surface area contributed by atoms with Crippen molar-refractivity contribution in [3.63, 3.8) is 0 Å². The maximum Gasteiger partial charge on any atom is 0.435 e. The molecule has 0 saturated carbocycles.